The zero-order chi connectivity index (χ0) is 11.5. The van der Waals surface area contributed by atoms with E-state index < -0.39 is 5.51 Å². The van der Waals surface area contributed by atoms with Crippen LogP contribution in [0.4, 0.5) is 18.9 Å². The Labute approximate surface area is 86.3 Å². The van der Waals surface area contributed by atoms with Crippen molar-refractivity contribution < 1.29 is 18.3 Å². The van der Waals surface area contributed by atoms with Crippen LogP contribution >= 0.6 is 11.8 Å². The Morgan fingerprint density at radius 3 is 2.60 bits per heavy atom. The molecule has 0 aliphatic heterocycles. The molecule has 0 aromatic heterocycles. The lowest BCUT2D eigenvalue weighted by atomic mass is 10.3. The summed E-state index contributed by atoms with van der Waals surface area (Å²) in [6, 6.07) is 3.09. The minimum absolute atomic E-state index is 0.150. The van der Waals surface area contributed by atoms with E-state index in [4.69, 9.17) is 10.6 Å². The highest BCUT2D eigenvalue weighted by atomic mass is 32.2. The average molecular weight is 235 g/mol. The Bertz CT molecular complexity index is 414. The molecular formula is C7H4F3N3OS. The summed E-state index contributed by atoms with van der Waals surface area (Å²) < 4.78 is 35.9. The van der Waals surface area contributed by atoms with E-state index in [1.54, 1.807) is 0 Å². The van der Waals surface area contributed by atoms with Crippen LogP contribution in [-0.2, 0) is 0 Å². The highest BCUT2D eigenvalue weighted by Crippen LogP contribution is 2.40. The summed E-state index contributed by atoms with van der Waals surface area (Å²) in [4.78, 5) is 2.23. The van der Waals surface area contributed by atoms with Gasteiger partial charge in [-0.1, -0.05) is 5.11 Å². The highest BCUT2D eigenvalue weighted by molar-refractivity contribution is 8.00. The van der Waals surface area contributed by atoms with Crippen LogP contribution < -0.4 is 0 Å². The zero-order valence-electron chi connectivity index (χ0n) is 7.06. The number of azide groups is 1. The van der Waals surface area contributed by atoms with Gasteiger partial charge in [0.25, 0.3) is 0 Å². The van der Waals surface area contributed by atoms with Crippen LogP contribution in [0.15, 0.2) is 28.2 Å². The Kier molecular flexibility index (Phi) is 3.33. The van der Waals surface area contributed by atoms with Crippen LogP contribution in [0.1, 0.15) is 0 Å². The Morgan fingerprint density at radius 1 is 1.40 bits per heavy atom. The van der Waals surface area contributed by atoms with Gasteiger partial charge in [-0.05, 0) is 35.5 Å². The first kappa shape index (κ1) is 11.5. The molecule has 0 unspecified atom stereocenters. The fourth-order valence-electron chi connectivity index (χ4n) is 0.829. The number of aromatic hydroxyl groups is 1. The topological polar surface area (TPSA) is 69.0 Å². The summed E-state index contributed by atoms with van der Waals surface area (Å²) in [5.74, 6) is -0.362. The molecule has 0 spiro atoms. The molecule has 0 amide bonds. The second kappa shape index (κ2) is 4.33. The molecular weight excluding hydrogens is 231 g/mol. The molecule has 1 N–H and O–H groups in total. The predicted octanol–water partition coefficient (Wildman–Crippen LogP) is 3.95. The summed E-state index contributed by atoms with van der Waals surface area (Å²) >= 11 is -0.345. The van der Waals surface area contributed by atoms with Gasteiger partial charge in [-0.15, -0.1) is 0 Å². The molecule has 0 aliphatic carbocycles. The Hall–Kier alpha value is -1.53. The van der Waals surface area contributed by atoms with Gasteiger partial charge in [0.05, 0.1) is 5.69 Å². The molecule has 0 radical (unpaired) electrons. The molecule has 8 heteroatoms. The standard InChI is InChI=1S/C7H4F3N3OS/c8-7(9,10)15-4-1-2-6(14)5(3-4)12-13-11/h1-3,14H. The summed E-state index contributed by atoms with van der Waals surface area (Å²) in [6.45, 7) is 0. The molecule has 4 nitrogen and oxygen atoms in total. The number of alkyl halides is 3. The maximum atomic E-state index is 12.0. The quantitative estimate of drug-likeness (QED) is 0.365. The molecule has 1 rings (SSSR count). The first-order valence-electron chi connectivity index (χ1n) is 3.56. The number of phenolic OH excluding ortho intramolecular Hbond substituents is 1. The second-order valence-corrected chi connectivity index (χ2v) is 3.53. The lowest BCUT2D eigenvalue weighted by Crippen LogP contribution is -1.98. The highest BCUT2D eigenvalue weighted by Gasteiger charge is 2.29. The fourth-order valence-corrected chi connectivity index (χ4v) is 1.40. The van der Waals surface area contributed by atoms with Crippen molar-refractivity contribution in [3.05, 3.63) is 28.6 Å². The minimum Gasteiger partial charge on any atom is -0.507 e. The normalized spacial score (nSPS) is 10.9. The number of hydrogen-bond acceptors (Lipinski definition) is 3. The largest absolute Gasteiger partial charge is 0.507 e. The van der Waals surface area contributed by atoms with Crippen molar-refractivity contribution in [2.24, 2.45) is 5.11 Å². The van der Waals surface area contributed by atoms with E-state index in [9.17, 15) is 13.2 Å². The number of rotatable bonds is 2. The number of halogens is 3. The number of hydrogen-bond donors (Lipinski definition) is 1. The van der Waals surface area contributed by atoms with Crippen molar-refractivity contribution in [3.63, 3.8) is 0 Å². The lowest BCUT2D eigenvalue weighted by Gasteiger charge is -2.06. The third kappa shape index (κ3) is 3.61. The van der Waals surface area contributed by atoms with Gasteiger partial charge in [0.1, 0.15) is 5.75 Å². The van der Waals surface area contributed by atoms with E-state index in [1.807, 2.05) is 0 Å². The number of thioether (sulfide) groups is 1. The molecule has 15 heavy (non-hydrogen) atoms. The molecule has 0 heterocycles. The van der Waals surface area contributed by atoms with E-state index in [2.05, 4.69) is 10.0 Å². The minimum atomic E-state index is -4.41. The number of benzene rings is 1. The van der Waals surface area contributed by atoms with Crippen molar-refractivity contribution in [1.82, 2.24) is 0 Å². The number of phenols is 1. The van der Waals surface area contributed by atoms with Crippen molar-refractivity contribution in [1.29, 1.82) is 0 Å². The number of nitrogens with zero attached hydrogens (tertiary/aromatic N) is 3. The molecule has 1 aromatic carbocycles. The zero-order valence-corrected chi connectivity index (χ0v) is 7.88. The van der Waals surface area contributed by atoms with E-state index in [0.29, 0.717) is 0 Å². The molecule has 1 aromatic rings. The second-order valence-electron chi connectivity index (χ2n) is 2.39. The SMILES string of the molecule is [N-]=[N+]=Nc1cc(SC(F)(F)F)ccc1O. The van der Waals surface area contributed by atoms with Gasteiger partial charge in [-0.3, -0.25) is 0 Å². The molecule has 0 saturated carbocycles. The van der Waals surface area contributed by atoms with Crippen LogP contribution in [0.25, 0.3) is 10.4 Å². The van der Waals surface area contributed by atoms with Crippen molar-refractivity contribution in [2.75, 3.05) is 0 Å². The summed E-state index contributed by atoms with van der Waals surface area (Å²) in [5.41, 5.74) is 3.44. The van der Waals surface area contributed by atoms with E-state index in [1.165, 1.54) is 0 Å². The van der Waals surface area contributed by atoms with Gasteiger partial charge in [0, 0.05) is 9.81 Å². The van der Waals surface area contributed by atoms with E-state index in [-0.39, 0.29) is 28.1 Å². The van der Waals surface area contributed by atoms with Crippen LogP contribution in [-0.4, -0.2) is 10.6 Å². The van der Waals surface area contributed by atoms with Gasteiger partial charge < -0.3 is 5.11 Å². The van der Waals surface area contributed by atoms with Crippen molar-refractivity contribution in [2.45, 2.75) is 10.4 Å². The van der Waals surface area contributed by atoms with Crippen molar-refractivity contribution >= 4 is 17.4 Å². The Morgan fingerprint density at radius 2 is 2.07 bits per heavy atom. The smallest absolute Gasteiger partial charge is 0.446 e. The summed E-state index contributed by atoms with van der Waals surface area (Å²) in [5, 5.41) is 12.2. The summed E-state index contributed by atoms with van der Waals surface area (Å²) in [7, 11) is 0. The molecule has 0 bridgehead atoms. The van der Waals surface area contributed by atoms with Gasteiger partial charge in [0.2, 0.25) is 0 Å². The van der Waals surface area contributed by atoms with Crippen LogP contribution in [0.5, 0.6) is 5.75 Å². The third-order valence-electron chi connectivity index (χ3n) is 1.33. The summed E-state index contributed by atoms with van der Waals surface area (Å²) in [6.07, 6.45) is 0. The van der Waals surface area contributed by atoms with Gasteiger partial charge >= 0.3 is 5.51 Å². The van der Waals surface area contributed by atoms with Gasteiger partial charge in [-0.25, -0.2) is 0 Å². The van der Waals surface area contributed by atoms with Crippen molar-refractivity contribution in [3.8, 4) is 5.75 Å². The fraction of sp³-hybridized carbons (Fsp3) is 0.143. The molecule has 80 valence electrons. The van der Waals surface area contributed by atoms with Crippen LogP contribution in [0.2, 0.25) is 0 Å². The molecule has 0 fully saturated rings. The Balaban J connectivity index is 3.02. The lowest BCUT2D eigenvalue weighted by molar-refractivity contribution is -0.0328. The van der Waals surface area contributed by atoms with Crippen LogP contribution in [0.3, 0.4) is 0 Å². The third-order valence-corrected chi connectivity index (χ3v) is 2.05. The molecule has 0 atom stereocenters. The average Bonchev–Trinajstić information content (AvgIpc) is 2.09. The van der Waals surface area contributed by atoms with E-state index >= 15 is 0 Å². The van der Waals surface area contributed by atoms with E-state index in [0.717, 1.165) is 18.2 Å². The first-order chi connectivity index (χ1) is 6.92. The maximum Gasteiger partial charge on any atom is 0.446 e. The first-order valence-corrected chi connectivity index (χ1v) is 4.38. The maximum absolute atomic E-state index is 12.0. The monoisotopic (exact) mass is 235 g/mol. The molecule has 0 saturated heterocycles. The predicted molar refractivity (Wildman–Crippen MR) is 48.8 cm³/mol. The van der Waals surface area contributed by atoms with Crippen LogP contribution in [0, 0.1) is 0 Å². The molecule has 0 aliphatic rings. The van der Waals surface area contributed by atoms with Gasteiger partial charge in [-0.2, -0.15) is 13.2 Å². The van der Waals surface area contributed by atoms with Gasteiger partial charge in [0.15, 0.2) is 0 Å².